The second-order valence-electron chi connectivity index (χ2n) is 11.2. The van der Waals surface area contributed by atoms with Crippen LogP contribution in [-0.4, -0.2) is 46.4 Å². The smallest absolute Gasteiger partial charge is 0.408 e. The van der Waals surface area contributed by atoms with Crippen LogP contribution in [0.1, 0.15) is 74.8 Å². The third kappa shape index (κ3) is 7.59. The van der Waals surface area contributed by atoms with Crippen molar-refractivity contribution >= 4 is 29.5 Å². The van der Waals surface area contributed by atoms with E-state index in [1.54, 1.807) is 20.8 Å². The molecule has 1 aliphatic rings. The first-order valence-electron chi connectivity index (χ1n) is 13.3. The lowest BCUT2D eigenvalue weighted by molar-refractivity contribution is -0.146. The number of amides is 4. The second-order valence-corrected chi connectivity index (χ2v) is 11.2. The topological polar surface area (TPSA) is 131 Å². The Morgan fingerprint density at radius 1 is 0.974 bits per heavy atom. The van der Waals surface area contributed by atoms with Crippen molar-refractivity contribution in [1.29, 1.82) is 0 Å². The van der Waals surface area contributed by atoms with Crippen LogP contribution in [0.15, 0.2) is 42.5 Å². The predicted molar refractivity (Wildman–Crippen MR) is 150 cm³/mol. The van der Waals surface area contributed by atoms with Crippen LogP contribution in [0.25, 0.3) is 0 Å². The van der Waals surface area contributed by atoms with Gasteiger partial charge >= 0.3 is 6.09 Å². The summed E-state index contributed by atoms with van der Waals surface area (Å²) in [4.78, 5) is 54.5. The van der Waals surface area contributed by atoms with Gasteiger partial charge < -0.3 is 26.0 Å². The van der Waals surface area contributed by atoms with Crippen LogP contribution >= 0.6 is 0 Å². The van der Waals surface area contributed by atoms with Crippen LogP contribution in [0, 0.1) is 20.8 Å². The molecule has 0 spiro atoms. The number of ether oxygens (including phenoxy) is 1. The molecular formula is C30H40N4O5. The maximum atomic E-state index is 14.2. The Kier molecular flexibility index (Phi) is 9.37. The molecule has 1 saturated carbocycles. The van der Waals surface area contributed by atoms with Crippen molar-refractivity contribution < 1.29 is 23.9 Å². The minimum Gasteiger partial charge on any atom is -0.444 e. The number of carbonyl (C=O) groups excluding carboxylic acids is 4. The van der Waals surface area contributed by atoms with Gasteiger partial charge in [0.15, 0.2) is 0 Å². The van der Waals surface area contributed by atoms with Crippen molar-refractivity contribution in [2.75, 3.05) is 5.32 Å². The van der Waals surface area contributed by atoms with Gasteiger partial charge in [0.1, 0.15) is 17.7 Å². The molecule has 0 radical (unpaired) electrons. The summed E-state index contributed by atoms with van der Waals surface area (Å²) >= 11 is 0. The van der Waals surface area contributed by atoms with Crippen LogP contribution in [0.3, 0.4) is 0 Å². The van der Waals surface area contributed by atoms with Crippen LogP contribution in [0.4, 0.5) is 10.5 Å². The van der Waals surface area contributed by atoms with Gasteiger partial charge in [0, 0.05) is 11.7 Å². The highest BCUT2D eigenvalue weighted by molar-refractivity contribution is 6.00. The zero-order chi connectivity index (χ0) is 28.9. The SMILES string of the molecule is Cc1ccccc1NC(=O)C(c1c(C)cccc1C)N(C(=O)C(CC(N)=O)NC(=O)OC(C)(C)C)C1CCC1. The number of anilines is 1. The number of nitrogens with zero attached hydrogens (tertiary/aromatic N) is 1. The van der Waals surface area contributed by atoms with Gasteiger partial charge in [-0.2, -0.15) is 0 Å². The van der Waals surface area contributed by atoms with Gasteiger partial charge in [0.2, 0.25) is 11.8 Å². The monoisotopic (exact) mass is 536 g/mol. The molecule has 2 aromatic carbocycles. The van der Waals surface area contributed by atoms with Crippen molar-refractivity contribution in [2.45, 2.75) is 91.0 Å². The first-order chi connectivity index (χ1) is 18.3. The fourth-order valence-corrected chi connectivity index (χ4v) is 4.78. The van der Waals surface area contributed by atoms with Gasteiger partial charge in [-0.1, -0.05) is 36.4 Å². The summed E-state index contributed by atoms with van der Waals surface area (Å²) in [6, 6.07) is 10.6. The van der Waals surface area contributed by atoms with E-state index in [1.165, 1.54) is 4.90 Å². The summed E-state index contributed by atoms with van der Waals surface area (Å²) < 4.78 is 5.35. The molecule has 1 fully saturated rings. The summed E-state index contributed by atoms with van der Waals surface area (Å²) in [5, 5.41) is 5.55. The molecule has 39 heavy (non-hydrogen) atoms. The maximum absolute atomic E-state index is 14.2. The maximum Gasteiger partial charge on any atom is 0.408 e. The first-order valence-corrected chi connectivity index (χ1v) is 13.3. The van der Waals surface area contributed by atoms with Gasteiger partial charge in [-0.15, -0.1) is 0 Å². The number of para-hydroxylation sites is 1. The van der Waals surface area contributed by atoms with Crippen LogP contribution in [0.5, 0.6) is 0 Å². The molecule has 9 nitrogen and oxygen atoms in total. The highest BCUT2D eigenvalue weighted by Gasteiger charge is 2.43. The standard InChI is InChI=1S/C30H40N4O5/c1-18-11-7-8-16-22(18)32-27(36)26(25-19(2)12-9-13-20(25)3)34(21-14-10-15-21)28(37)23(17-24(31)35)33-29(38)39-30(4,5)6/h7-9,11-13,16,21,23,26H,10,14-15,17H2,1-6H3,(H2,31,35)(H,32,36)(H,33,38). The van der Waals surface area contributed by atoms with Crippen LogP contribution in [0.2, 0.25) is 0 Å². The van der Waals surface area contributed by atoms with E-state index in [4.69, 9.17) is 10.5 Å². The summed E-state index contributed by atoms with van der Waals surface area (Å²) in [5.41, 5.74) is 8.60. The molecule has 4 amide bonds. The molecule has 3 rings (SSSR count). The van der Waals surface area contributed by atoms with Crippen molar-refractivity contribution in [3.05, 3.63) is 64.7 Å². The molecule has 9 heteroatoms. The fourth-order valence-electron chi connectivity index (χ4n) is 4.78. The van der Waals surface area contributed by atoms with Crippen molar-refractivity contribution in [1.82, 2.24) is 10.2 Å². The minimum atomic E-state index is -1.30. The molecule has 2 unspecified atom stereocenters. The normalized spacial score (nSPS) is 14.9. The summed E-state index contributed by atoms with van der Waals surface area (Å²) in [7, 11) is 0. The lowest BCUT2D eigenvalue weighted by atomic mass is 9.86. The number of nitrogens with two attached hydrogens (primary N) is 1. The molecule has 0 heterocycles. The highest BCUT2D eigenvalue weighted by atomic mass is 16.6. The zero-order valence-corrected chi connectivity index (χ0v) is 23.7. The lowest BCUT2D eigenvalue weighted by Crippen LogP contribution is -2.57. The number of rotatable bonds is 9. The van der Waals surface area contributed by atoms with Gasteiger partial charge in [-0.3, -0.25) is 14.4 Å². The third-order valence-corrected chi connectivity index (χ3v) is 6.86. The summed E-state index contributed by atoms with van der Waals surface area (Å²) in [6.45, 7) is 10.8. The van der Waals surface area contributed by atoms with Crippen molar-refractivity contribution in [3.8, 4) is 0 Å². The molecule has 0 aliphatic heterocycles. The Hall–Kier alpha value is -3.88. The largest absolute Gasteiger partial charge is 0.444 e. The number of hydrogen-bond acceptors (Lipinski definition) is 5. The summed E-state index contributed by atoms with van der Waals surface area (Å²) in [6.07, 6.45) is 1.01. The number of hydrogen-bond donors (Lipinski definition) is 3. The van der Waals surface area contributed by atoms with Gasteiger partial charge in [-0.25, -0.2) is 4.79 Å². The minimum absolute atomic E-state index is 0.250. The zero-order valence-electron chi connectivity index (χ0n) is 23.7. The number of primary amides is 1. The summed E-state index contributed by atoms with van der Waals surface area (Å²) in [5.74, 6) is -1.69. The van der Waals surface area contributed by atoms with Crippen molar-refractivity contribution in [3.63, 3.8) is 0 Å². The van der Waals surface area contributed by atoms with E-state index < -0.39 is 42.0 Å². The Bertz CT molecular complexity index is 1210. The van der Waals surface area contributed by atoms with Crippen LogP contribution < -0.4 is 16.4 Å². The average molecular weight is 537 g/mol. The molecule has 1 aliphatic carbocycles. The number of nitrogens with one attached hydrogen (secondary N) is 2. The quantitative estimate of drug-likeness (QED) is 0.436. The Labute approximate surface area is 230 Å². The molecule has 0 aromatic heterocycles. The molecule has 0 saturated heterocycles. The van der Waals surface area contributed by atoms with Gasteiger partial charge in [-0.05, 0) is 89.1 Å². The van der Waals surface area contributed by atoms with E-state index in [-0.39, 0.29) is 11.9 Å². The van der Waals surface area contributed by atoms with Crippen molar-refractivity contribution in [2.24, 2.45) is 5.73 Å². The Balaban J connectivity index is 2.09. The predicted octanol–water partition coefficient (Wildman–Crippen LogP) is 4.44. The molecule has 2 atom stereocenters. The fraction of sp³-hybridized carbons (Fsp3) is 0.467. The van der Waals surface area contributed by atoms with E-state index in [0.717, 1.165) is 23.1 Å². The van der Waals surface area contributed by atoms with E-state index in [0.29, 0.717) is 24.1 Å². The number of aryl methyl sites for hydroxylation is 3. The Morgan fingerprint density at radius 3 is 2.08 bits per heavy atom. The molecule has 2 aromatic rings. The van der Waals surface area contributed by atoms with E-state index in [1.807, 2.05) is 63.2 Å². The second kappa shape index (κ2) is 12.3. The number of benzene rings is 2. The van der Waals surface area contributed by atoms with Gasteiger partial charge in [0.05, 0.1) is 6.42 Å². The molecule has 0 bridgehead atoms. The third-order valence-electron chi connectivity index (χ3n) is 6.86. The molecular weight excluding hydrogens is 496 g/mol. The lowest BCUT2D eigenvalue weighted by Gasteiger charge is -2.44. The number of alkyl carbamates (subject to hydrolysis) is 1. The van der Waals surface area contributed by atoms with Gasteiger partial charge in [0.25, 0.3) is 5.91 Å². The van der Waals surface area contributed by atoms with E-state index >= 15 is 0 Å². The van der Waals surface area contributed by atoms with Crippen LogP contribution in [-0.2, 0) is 19.1 Å². The average Bonchev–Trinajstić information content (AvgIpc) is 2.78. The first kappa shape index (κ1) is 29.7. The number of carbonyl (C=O) groups is 4. The molecule has 4 N–H and O–H groups in total. The van der Waals surface area contributed by atoms with E-state index in [9.17, 15) is 19.2 Å². The van der Waals surface area contributed by atoms with E-state index in [2.05, 4.69) is 10.6 Å². The Morgan fingerprint density at radius 2 is 1.56 bits per heavy atom. The molecule has 210 valence electrons. The highest BCUT2D eigenvalue weighted by Crippen LogP contribution is 2.37.